The van der Waals surface area contributed by atoms with Crippen molar-refractivity contribution in [1.29, 1.82) is 0 Å². The van der Waals surface area contributed by atoms with Crippen molar-refractivity contribution < 1.29 is 5.11 Å². The van der Waals surface area contributed by atoms with E-state index in [9.17, 15) is 5.11 Å². The smallest absolute Gasteiger partial charge is 0.0552 e. The highest BCUT2D eigenvalue weighted by Crippen LogP contribution is 2.19. The largest absolute Gasteiger partial charge is 0.393 e. The Morgan fingerprint density at radius 2 is 2.33 bits per heavy atom. The molecule has 0 spiro atoms. The third-order valence-corrected chi connectivity index (χ3v) is 2.82. The van der Waals surface area contributed by atoms with Crippen molar-refractivity contribution in [2.24, 2.45) is 5.92 Å². The highest BCUT2D eigenvalue weighted by atomic mass is 16.3. The van der Waals surface area contributed by atoms with Gasteiger partial charge in [0, 0.05) is 6.54 Å². The Kier molecular flexibility index (Phi) is 4.02. The second-order valence-corrected chi connectivity index (χ2v) is 3.94. The number of rotatable bonds is 4. The molecule has 72 valence electrons. The van der Waals surface area contributed by atoms with Crippen molar-refractivity contribution in [3.05, 3.63) is 0 Å². The molecule has 0 bridgehead atoms. The van der Waals surface area contributed by atoms with Gasteiger partial charge in [0.15, 0.2) is 0 Å². The zero-order valence-corrected chi connectivity index (χ0v) is 8.29. The summed E-state index contributed by atoms with van der Waals surface area (Å²) in [6.07, 6.45) is 3.64. The molecule has 0 saturated carbocycles. The molecule has 0 aromatic carbocycles. The molecule has 0 aliphatic carbocycles. The molecule has 0 amide bonds. The lowest BCUT2D eigenvalue weighted by atomic mass is 10.0. The molecule has 1 fully saturated rings. The number of nitrogens with zero attached hydrogens (tertiary/aromatic N) is 1. The van der Waals surface area contributed by atoms with E-state index in [4.69, 9.17) is 0 Å². The van der Waals surface area contributed by atoms with Gasteiger partial charge in [-0.2, -0.15) is 0 Å². The summed E-state index contributed by atoms with van der Waals surface area (Å²) >= 11 is 0. The van der Waals surface area contributed by atoms with Crippen LogP contribution >= 0.6 is 0 Å². The Hall–Kier alpha value is -0.0800. The number of unbranched alkanes of at least 4 members (excludes halogenated alkanes) is 1. The lowest BCUT2D eigenvalue weighted by Gasteiger charge is -2.16. The summed E-state index contributed by atoms with van der Waals surface area (Å²) in [7, 11) is 0. The van der Waals surface area contributed by atoms with Crippen molar-refractivity contribution >= 4 is 0 Å². The lowest BCUT2D eigenvalue weighted by Crippen LogP contribution is -2.25. The summed E-state index contributed by atoms with van der Waals surface area (Å²) in [5.41, 5.74) is 0. The van der Waals surface area contributed by atoms with Crippen molar-refractivity contribution in [3.8, 4) is 0 Å². The van der Waals surface area contributed by atoms with Gasteiger partial charge in [0.1, 0.15) is 0 Å². The molecule has 1 rings (SSSR count). The number of hydrogen-bond donors (Lipinski definition) is 1. The molecular weight excluding hydrogens is 150 g/mol. The third kappa shape index (κ3) is 2.76. The van der Waals surface area contributed by atoms with Crippen molar-refractivity contribution in [2.75, 3.05) is 19.6 Å². The number of aliphatic hydroxyl groups excluding tert-OH is 1. The van der Waals surface area contributed by atoms with Crippen LogP contribution in [0.4, 0.5) is 0 Å². The van der Waals surface area contributed by atoms with Crippen LogP contribution in [0.25, 0.3) is 0 Å². The number of hydrogen-bond acceptors (Lipinski definition) is 2. The minimum Gasteiger partial charge on any atom is -0.393 e. The van der Waals surface area contributed by atoms with E-state index in [0.29, 0.717) is 5.92 Å². The van der Waals surface area contributed by atoms with E-state index in [1.165, 1.54) is 32.4 Å². The first-order valence-corrected chi connectivity index (χ1v) is 5.14. The molecule has 1 aliphatic rings. The second-order valence-electron chi connectivity index (χ2n) is 3.94. The van der Waals surface area contributed by atoms with Gasteiger partial charge in [0.2, 0.25) is 0 Å². The third-order valence-electron chi connectivity index (χ3n) is 2.82. The van der Waals surface area contributed by atoms with Gasteiger partial charge in [-0.3, -0.25) is 0 Å². The SMILES string of the molecule is CCCCN1CCC(C(C)O)C1. The van der Waals surface area contributed by atoms with Crippen LogP contribution in [0, 0.1) is 5.92 Å². The normalized spacial score (nSPS) is 27.8. The molecule has 0 radical (unpaired) electrons. The molecule has 2 unspecified atom stereocenters. The van der Waals surface area contributed by atoms with Gasteiger partial charge in [-0.15, -0.1) is 0 Å². The van der Waals surface area contributed by atoms with E-state index in [1.54, 1.807) is 0 Å². The lowest BCUT2D eigenvalue weighted by molar-refractivity contribution is 0.127. The highest BCUT2D eigenvalue weighted by Gasteiger charge is 2.24. The van der Waals surface area contributed by atoms with E-state index in [2.05, 4.69) is 11.8 Å². The Bertz CT molecular complexity index is 125. The average Bonchev–Trinajstić information content (AvgIpc) is 2.48. The van der Waals surface area contributed by atoms with Gasteiger partial charge in [-0.05, 0) is 38.8 Å². The van der Waals surface area contributed by atoms with E-state index < -0.39 is 0 Å². The molecule has 12 heavy (non-hydrogen) atoms. The summed E-state index contributed by atoms with van der Waals surface area (Å²) in [6, 6.07) is 0. The van der Waals surface area contributed by atoms with Crippen LogP contribution < -0.4 is 0 Å². The van der Waals surface area contributed by atoms with Crippen LogP contribution in [0.2, 0.25) is 0 Å². The van der Waals surface area contributed by atoms with Crippen LogP contribution in [0.15, 0.2) is 0 Å². The van der Waals surface area contributed by atoms with Crippen molar-refractivity contribution in [1.82, 2.24) is 4.90 Å². The Balaban J connectivity index is 2.17. The van der Waals surface area contributed by atoms with Gasteiger partial charge in [0.05, 0.1) is 6.10 Å². The summed E-state index contributed by atoms with van der Waals surface area (Å²) in [6.45, 7) is 7.66. The van der Waals surface area contributed by atoms with E-state index in [-0.39, 0.29) is 6.10 Å². The standard InChI is InChI=1S/C10H21NO/c1-3-4-6-11-7-5-10(8-11)9(2)12/h9-10,12H,3-8H2,1-2H3. The van der Waals surface area contributed by atoms with E-state index in [1.807, 2.05) is 6.92 Å². The molecular formula is C10H21NO. The maximum atomic E-state index is 9.37. The Labute approximate surface area is 75.6 Å². The van der Waals surface area contributed by atoms with Crippen LogP contribution in [-0.4, -0.2) is 35.7 Å². The second kappa shape index (κ2) is 4.83. The predicted molar refractivity (Wildman–Crippen MR) is 51.1 cm³/mol. The molecule has 2 nitrogen and oxygen atoms in total. The van der Waals surface area contributed by atoms with Crippen molar-refractivity contribution in [3.63, 3.8) is 0 Å². The molecule has 1 N–H and O–H groups in total. The van der Waals surface area contributed by atoms with Crippen LogP contribution in [-0.2, 0) is 0 Å². The molecule has 0 aromatic rings. The topological polar surface area (TPSA) is 23.5 Å². The first-order chi connectivity index (χ1) is 5.74. The number of likely N-dealkylation sites (tertiary alicyclic amines) is 1. The minimum atomic E-state index is -0.114. The zero-order valence-electron chi connectivity index (χ0n) is 8.29. The quantitative estimate of drug-likeness (QED) is 0.692. The van der Waals surface area contributed by atoms with Gasteiger partial charge < -0.3 is 10.0 Å². The fraction of sp³-hybridized carbons (Fsp3) is 1.00. The molecule has 1 aliphatic heterocycles. The summed E-state index contributed by atoms with van der Waals surface area (Å²) < 4.78 is 0. The molecule has 1 heterocycles. The minimum absolute atomic E-state index is 0.114. The molecule has 2 heteroatoms. The number of aliphatic hydroxyl groups is 1. The van der Waals surface area contributed by atoms with E-state index >= 15 is 0 Å². The highest BCUT2D eigenvalue weighted by molar-refractivity contribution is 4.78. The van der Waals surface area contributed by atoms with Crippen LogP contribution in [0.3, 0.4) is 0 Å². The Morgan fingerprint density at radius 1 is 1.58 bits per heavy atom. The Morgan fingerprint density at radius 3 is 2.83 bits per heavy atom. The fourth-order valence-corrected chi connectivity index (χ4v) is 1.84. The van der Waals surface area contributed by atoms with Crippen LogP contribution in [0.5, 0.6) is 0 Å². The van der Waals surface area contributed by atoms with E-state index in [0.717, 1.165) is 6.54 Å². The summed E-state index contributed by atoms with van der Waals surface area (Å²) in [4.78, 5) is 2.47. The predicted octanol–water partition coefficient (Wildman–Crippen LogP) is 1.49. The van der Waals surface area contributed by atoms with Gasteiger partial charge >= 0.3 is 0 Å². The maximum Gasteiger partial charge on any atom is 0.0552 e. The van der Waals surface area contributed by atoms with Gasteiger partial charge in [-0.1, -0.05) is 13.3 Å². The first kappa shape index (κ1) is 10.0. The van der Waals surface area contributed by atoms with Gasteiger partial charge in [0.25, 0.3) is 0 Å². The van der Waals surface area contributed by atoms with Gasteiger partial charge in [-0.25, -0.2) is 0 Å². The molecule has 2 atom stereocenters. The van der Waals surface area contributed by atoms with Crippen LogP contribution in [0.1, 0.15) is 33.1 Å². The summed E-state index contributed by atoms with van der Waals surface area (Å²) in [5, 5.41) is 9.37. The van der Waals surface area contributed by atoms with Crippen molar-refractivity contribution in [2.45, 2.75) is 39.2 Å². The monoisotopic (exact) mass is 171 g/mol. The molecule has 1 saturated heterocycles. The zero-order chi connectivity index (χ0) is 8.97. The fourth-order valence-electron chi connectivity index (χ4n) is 1.84. The summed E-state index contributed by atoms with van der Waals surface area (Å²) in [5.74, 6) is 0.529. The molecule has 0 aromatic heterocycles. The maximum absolute atomic E-state index is 9.37. The average molecular weight is 171 g/mol. The first-order valence-electron chi connectivity index (χ1n) is 5.14.